The largest absolute Gasteiger partial charge is 0.226 e. The van der Waals surface area contributed by atoms with Crippen LogP contribution >= 0.6 is 27.7 Å². The second-order valence-electron chi connectivity index (χ2n) is 2.39. The van der Waals surface area contributed by atoms with Crippen LogP contribution in [0, 0.1) is 0 Å². The van der Waals surface area contributed by atoms with Crippen LogP contribution in [-0.4, -0.2) is 0 Å². The van der Waals surface area contributed by atoms with E-state index in [0.29, 0.717) is 0 Å². The molecule has 0 bridgehead atoms. The first kappa shape index (κ1) is 9.04. The zero-order chi connectivity index (χ0) is 8.27. The van der Waals surface area contributed by atoms with Crippen LogP contribution in [0.3, 0.4) is 0 Å². The van der Waals surface area contributed by atoms with Gasteiger partial charge in [0.1, 0.15) is 0 Å². The van der Waals surface area contributed by atoms with Gasteiger partial charge in [0.25, 0.3) is 0 Å². The number of hydrogen-bond donors (Lipinski definition) is 1. The lowest BCUT2D eigenvalue weighted by Crippen LogP contribution is -2.05. The predicted molar refractivity (Wildman–Crippen MR) is 51.5 cm³/mol. The third-order valence-electron chi connectivity index (χ3n) is 1.51. The van der Waals surface area contributed by atoms with Crippen LogP contribution in [0.1, 0.15) is 18.5 Å². The van der Waals surface area contributed by atoms with Gasteiger partial charge in [-0.2, -0.15) is 0 Å². The van der Waals surface area contributed by atoms with Crippen molar-refractivity contribution < 1.29 is 0 Å². The van der Waals surface area contributed by atoms with Crippen molar-refractivity contribution >= 4 is 27.7 Å². The quantitative estimate of drug-likeness (QED) is 0.775. The minimum absolute atomic E-state index is 0.189. The van der Waals surface area contributed by atoms with Gasteiger partial charge in [0, 0.05) is 10.5 Å². The Labute approximate surface area is 80.0 Å². The Kier molecular flexibility index (Phi) is 3.37. The number of nitrogens with one attached hydrogen (secondary N) is 1. The Bertz CT molecular complexity index is 239. The predicted octanol–water partition coefficient (Wildman–Crippen LogP) is 3.25. The first-order valence-corrected chi connectivity index (χ1v) is 4.52. The fraction of sp³-hybridized carbons (Fsp3) is 0.250. The van der Waals surface area contributed by atoms with Crippen molar-refractivity contribution in [3.8, 4) is 0 Å². The molecular formula is C8H9BrClN. The third-order valence-corrected chi connectivity index (χ3v) is 2.33. The van der Waals surface area contributed by atoms with Crippen LogP contribution in [0.4, 0.5) is 0 Å². The molecule has 0 spiro atoms. The van der Waals surface area contributed by atoms with Crippen LogP contribution in [0.15, 0.2) is 28.7 Å². The molecule has 0 saturated carbocycles. The van der Waals surface area contributed by atoms with Crippen molar-refractivity contribution in [3.63, 3.8) is 0 Å². The van der Waals surface area contributed by atoms with Gasteiger partial charge in [0.15, 0.2) is 0 Å². The summed E-state index contributed by atoms with van der Waals surface area (Å²) < 4.78 is 1.08. The fourth-order valence-electron chi connectivity index (χ4n) is 0.839. The normalized spacial score (nSPS) is 13.0. The number of halogens is 2. The minimum atomic E-state index is 0.189. The van der Waals surface area contributed by atoms with E-state index in [0.717, 1.165) is 4.47 Å². The number of hydrogen-bond acceptors (Lipinski definition) is 1. The van der Waals surface area contributed by atoms with E-state index < -0.39 is 0 Å². The molecule has 3 heteroatoms. The molecule has 1 nitrogen and oxygen atoms in total. The monoisotopic (exact) mass is 233 g/mol. The first-order chi connectivity index (χ1) is 5.24. The van der Waals surface area contributed by atoms with Crippen LogP contribution < -0.4 is 4.84 Å². The van der Waals surface area contributed by atoms with E-state index in [-0.39, 0.29) is 6.04 Å². The Morgan fingerprint density at radius 3 is 2.82 bits per heavy atom. The summed E-state index contributed by atoms with van der Waals surface area (Å²) in [4.78, 5) is 2.66. The van der Waals surface area contributed by atoms with E-state index in [1.807, 2.05) is 31.2 Å². The smallest absolute Gasteiger partial charge is 0.0442 e. The van der Waals surface area contributed by atoms with Crippen molar-refractivity contribution in [1.82, 2.24) is 4.84 Å². The van der Waals surface area contributed by atoms with E-state index in [1.165, 1.54) is 5.56 Å². The second kappa shape index (κ2) is 4.10. The molecule has 11 heavy (non-hydrogen) atoms. The van der Waals surface area contributed by atoms with Gasteiger partial charge >= 0.3 is 0 Å². The van der Waals surface area contributed by atoms with E-state index >= 15 is 0 Å². The molecular weight excluding hydrogens is 225 g/mol. The lowest BCUT2D eigenvalue weighted by atomic mass is 10.1. The van der Waals surface area contributed by atoms with Crippen molar-refractivity contribution in [1.29, 1.82) is 0 Å². The van der Waals surface area contributed by atoms with Crippen LogP contribution in [0.5, 0.6) is 0 Å². The topological polar surface area (TPSA) is 12.0 Å². The highest BCUT2D eigenvalue weighted by Crippen LogP contribution is 2.17. The van der Waals surface area contributed by atoms with Gasteiger partial charge in [-0.25, -0.2) is 4.84 Å². The summed E-state index contributed by atoms with van der Waals surface area (Å²) >= 11 is 8.86. The minimum Gasteiger partial charge on any atom is -0.226 e. The van der Waals surface area contributed by atoms with Crippen molar-refractivity contribution in [2.75, 3.05) is 0 Å². The Morgan fingerprint density at radius 2 is 2.27 bits per heavy atom. The molecule has 0 unspecified atom stereocenters. The lowest BCUT2D eigenvalue weighted by Gasteiger charge is -2.08. The molecule has 1 N–H and O–H groups in total. The molecule has 1 aromatic carbocycles. The highest BCUT2D eigenvalue weighted by Gasteiger charge is 2.01. The summed E-state index contributed by atoms with van der Waals surface area (Å²) in [6.07, 6.45) is 0. The third kappa shape index (κ3) is 2.47. The van der Waals surface area contributed by atoms with E-state index in [4.69, 9.17) is 11.8 Å². The molecule has 0 amide bonds. The Hall–Kier alpha value is -0.0500. The molecule has 0 saturated heterocycles. The summed E-state index contributed by atoms with van der Waals surface area (Å²) in [6.45, 7) is 2.01. The molecule has 1 aromatic rings. The molecule has 0 radical (unpaired) electrons. The van der Waals surface area contributed by atoms with Crippen molar-refractivity contribution in [2.24, 2.45) is 0 Å². The molecule has 0 aliphatic carbocycles. The molecule has 0 aromatic heterocycles. The van der Waals surface area contributed by atoms with Crippen molar-refractivity contribution in [2.45, 2.75) is 13.0 Å². The van der Waals surface area contributed by atoms with Gasteiger partial charge in [-0.05, 0) is 36.4 Å². The first-order valence-electron chi connectivity index (χ1n) is 3.35. The molecule has 1 rings (SSSR count). The SMILES string of the molecule is C[C@@H](NCl)c1cccc(Br)c1. The second-order valence-corrected chi connectivity index (χ2v) is 3.52. The Balaban J connectivity index is 2.86. The molecule has 0 heterocycles. The zero-order valence-corrected chi connectivity index (χ0v) is 8.48. The summed E-state index contributed by atoms with van der Waals surface area (Å²) in [5, 5.41) is 0. The van der Waals surface area contributed by atoms with Gasteiger partial charge in [-0.15, -0.1) is 0 Å². The maximum atomic E-state index is 5.47. The number of benzene rings is 1. The average molecular weight is 235 g/mol. The van der Waals surface area contributed by atoms with Crippen molar-refractivity contribution in [3.05, 3.63) is 34.3 Å². The fourth-order valence-corrected chi connectivity index (χ4v) is 1.38. The maximum absolute atomic E-state index is 5.47. The van der Waals surface area contributed by atoms with E-state index in [2.05, 4.69) is 20.8 Å². The van der Waals surface area contributed by atoms with E-state index in [1.54, 1.807) is 0 Å². The van der Waals surface area contributed by atoms with Gasteiger partial charge in [-0.3, -0.25) is 0 Å². The molecule has 60 valence electrons. The lowest BCUT2D eigenvalue weighted by molar-refractivity contribution is 0.745. The van der Waals surface area contributed by atoms with Gasteiger partial charge in [0.05, 0.1) is 0 Å². The zero-order valence-electron chi connectivity index (χ0n) is 6.14. The van der Waals surface area contributed by atoms with Crippen LogP contribution in [0.25, 0.3) is 0 Å². The average Bonchev–Trinajstić information content (AvgIpc) is 2.03. The summed E-state index contributed by atoms with van der Waals surface area (Å²) in [5.74, 6) is 0. The summed E-state index contributed by atoms with van der Waals surface area (Å²) in [5.41, 5.74) is 1.18. The highest BCUT2D eigenvalue weighted by atomic mass is 79.9. The highest BCUT2D eigenvalue weighted by molar-refractivity contribution is 9.10. The molecule has 0 aliphatic heterocycles. The molecule has 1 atom stereocenters. The summed E-state index contributed by atoms with van der Waals surface area (Å²) in [6, 6.07) is 8.24. The van der Waals surface area contributed by atoms with Gasteiger partial charge in [-0.1, -0.05) is 28.1 Å². The maximum Gasteiger partial charge on any atom is 0.0442 e. The summed E-state index contributed by atoms with van der Waals surface area (Å²) in [7, 11) is 0. The molecule has 0 aliphatic rings. The van der Waals surface area contributed by atoms with Crippen LogP contribution in [-0.2, 0) is 0 Å². The van der Waals surface area contributed by atoms with Gasteiger partial charge in [0.2, 0.25) is 0 Å². The van der Waals surface area contributed by atoms with Crippen LogP contribution in [0.2, 0.25) is 0 Å². The Morgan fingerprint density at radius 1 is 1.55 bits per heavy atom. The van der Waals surface area contributed by atoms with Gasteiger partial charge < -0.3 is 0 Å². The molecule has 0 fully saturated rings. The standard InChI is InChI=1S/C8H9BrClN/c1-6(11-10)7-3-2-4-8(9)5-7/h2-6,11H,1H3/t6-/m1/s1. The number of rotatable bonds is 2. The van der Waals surface area contributed by atoms with E-state index in [9.17, 15) is 0 Å².